The number of hydrogen-bond acceptors (Lipinski definition) is 4. The van der Waals surface area contributed by atoms with Crippen molar-refractivity contribution >= 4 is 11.4 Å². The molecular weight excluding hydrogens is 320 g/mol. The van der Waals surface area contributed by atoms with Gasteiger partial charge in [-0.3, -0.25) is 9.98 Å². The highest BCUT2D eigenvalue weighted by Gasteiger charge is 2.20. The number of rotatable bonds is 4. The predicted octanol–water partition coefficient (Wildman–Crippen LogP) is 3.82. The molecule has 0 saturated heterocycles. The van der Waals surface area contributed by atoms with Crippen molar-refractivity contribution in [2.24, 2.45) is 10.7 Å². The van der Waals surface area contributed by atoms with Crippen LogP contribution in [-0.2, 0) is 12.8 Å². The zero-order chi connectivity index (χ0) is 17.9. The molecule has 1 atom stereocenters. The van der Waals surface area contributed by atoms with Gasteiger partial charge in [0, 0.05) is 30.6 Å². The summed E-state index contributed by atoms with van der Waals surface area (Å²) in [6.45, 7) is 0. The quantitative estimate of drug-likeness (QED) is 0.786. The fourth-order valence-electron chi connectivity index (χ4n) is 3.23. The van der Waals surface area contributed by atoms with Crippen LogP contribution in [0.25, 0.3) is 11.1 Å². The van der Waals surface area contributed by atoms with E-state index >= 15 is 0 Å². The Labute approximate surface area is 152 Å². The molecule has 0 saturated carbocycles. The van der Waals surface area contributed by atoms with Crippen LogP contribution < -0.4 is 5.73 Å². The number of aliphatic imine (C=N–C) groups is 1. The summed E-state index contributed by atoms with van der Waals surface area (Å²) < 4.78 is 0. The summed E-state index contributed by atoms with van der Waals surface area (Å²) in [5.74, 6) is 0. The van der Waals surface area contributed by atoms with E-state index in [0.717, 1.165) is 40.9 Å². The lowest BCUT2D eigenvalue weighted by molar-refractivity contribution is 0.839. The summed E-state index contributed by atoms with van der Waals surface area (Å²) in [5.41, 5.74) is 13.7. The number of nitrogens with two attached hydrogens (primary N) is 1. The minimum atomic E-state index is -0.125. The first kappa shape index (κ1) is 16.2. The molecule has 0 aliphatic carbocycles. The van der Waals surface area contributed by atoms with Crippen molar-refractivity contribution in [3.8, 4) is 17.2 Å². The summed E-state index contributed by atoms with van der Waals surface area (Å²) in [4.78, 5) is 8.86. The van der Waals surface area contributed by atoms with E-state index in [9.17, 15) is 0 Å². The van der Waals surface area contributed by atoms with Gasteiger partial charge in [0.15, 0.2) is 0 Å². The van der Waals surface area contributed by atoms with Gasteiger partial charge in [0.2, 0.25) is 0 Å². The Morgan fingerprint density at radius 3 is 2.50 bits per heavy atom. The third-order valence-electron chi connectivity index (χ3n) is 4.70. The molecular formula is C22H18N4. The van der Waals surface area contributed by atoms with Gasteiger partial charge in [0.05, 0.1) is 17.3 Å². The summed E-state index contributed by atoms with van der Waals surface area (Å²) >= 11 is 0. The van der Waals surface area contributed by atoms with E-state index in [-0.39, 0.29) is 6.04 Å². The Morgan fingerprint density at radius 1 is 1.00 bits per heavy atom. The molecule has 1 aliphatic heterocycles. The van der Waals surface area contributed by atoms with E-state index < -0.39 is 0 Å². The normalized spacial score (nSPS) is 13.6. The van der Waals surface area contributed by atoms with Crippen molar-refractivity contribution in [2.75, 3.05) is 0 Å². The van der Waals surface area contributed by atoms with Crippen molar-refractivity contribution in [1.82, 2.24) is 4.98 Å². The highest BCUT2D eigenvalue weighted by molar-refractivity contribution is 5.98. The molecule has 26 heavy (non-hydrogen) atoms. The first-order valence-corrected chi connectivity index (χ1v) is 8.58. The average Bonchev–Trinajstić information content (AvgIpc) is 3.13. The lowest BCUT2D eigenvalue weighted by Crippen LogP contribution is -2.32. The minimum Gasteiger partial charge on any atom is -0.323 e. The van der Waals surface area contributed by atoms with Gasteiger partial charge in [-0.25, -0.2) is 0 Å². The average molecular weight is 338 g/mol. The van der Waals surface area contributed by atoms with E-state index in [2.05, 4.69) is 29.3 Å². The Balaban J connectivity index is 1.53. The number of fused-ring (bicyclic) bond motifs is 1. The highest BCUT2D eigenvalue weighted by Crippen LogP contribution is 2.32. The van der Waals surface area contributed by atoms with Gasteiger partial charge in [-0.05, 0) is 59.0 Å². The molecule has 3 aromatic rings. The number of hydrogen-bond donors (Lipinski definition) is 1. The standard InChI is InChI=1S/C22H18N4/c23-14-16-3-1-15(2-4-16)11-20(24)22-13-19-6-5-18(12-21(19)26-22)17-7-9-25-10-8-17/h1-10,12,20H,11,13,24H2/t20-/m0/s1. The molecule has 126 valence electrons. The predicted molar refractivity (Wildman–Crippen MR) is 103 cm³/mol. The lowest BCUT2D eigenvalue weighted by atomic mass is 9.98. The van der Waals surface area contributed by atoms with Crippen LogP contribution in [0, 0.1) is 11.3 Å². The fraction of sp³-hybridized carbons (Fsp3) is 0.136. The second kappa shape index (κ2) is 6.91. The van der Waals surface area contributed by atoms with Crippen LogP contribution in [0.15, 0.2) is 72.0 Å². The maximum atomic E-state index is 8.89. The second-order valence-corrected chi connectivity index (χ2v) is 6.48. The molecule has 2 N–H and O–H groups in total. The van der Waals surface area contributed by atoms with Gasteiger partial charge in [-0.15, -0.1) is 0 Å². The van der Waals surface area contributed by atoms with Crippen LogP contribution in [0.4, 0.5) is 5.69 Å². The number of benzene rings is 2. The smallest absolute Gasteiger partial charge is 0.0991 e. The highest BCUT2D eigenvalue weighted by atomic mass is 14.8. The second-order valence-electron chi connectivity index (χ2n) is 6.48. The van der Waals surface area contributed by atoms with Crippen LogP contribution >= 0.6 is 0 Å². The van der Waals surface area contributed by atoms with Crippen LogP contribution in [-0.4, -0.2) is 16.7 Å². The Bertz CT molecular complexity index is 999. The number of aromatic nitrogens is 1. The number of pyridine rings is 1. The molecule has 2 heterocycles. The number of nitrogens with zero attached hydrogens (tertiary/aromatic N) is 3. The van der Waals surface area contributed by atoms with E-state index in [1.807, 2.05) is 36.4 Å². The molecule has 0 radical (unpaired) electrons. The first-order valence-electron chi connectivity index (χ1n) is 8.58. The van der Waals surface area contributed by atoms with Crippen molar-refractivity contribution in [2.45, 2.75) is 18.9 Å². The van der Waals surface area contributed by atoms with Gasteiger partial charge < -0.3 is 5.73 Å². The van der Waals surface area contributed by atoms with E-state index in [4.69, 9.17) is 16.0 Å². The van der Waals surface area contributed by atoms with Crippen LogP contribution in [0.5, 0.6) is 0 Å². The van der Waals surface area contributed by atoms with Crippen LogP contribution in [0.1, 0.15) is 16.7 Å². The van der Waals surface area contributed by atoms with Crippen LogP contribution in [0.3, 0.4) is 0 Å². The minimum absolute atomic E-state index is 0.125. The largest absolute Gasteiger partial charge is 0.323 e. The molecule has 4 heteroatoms. The van der Waals surface area contributed by atoms with E-state index in [0.29, 0.717) is 5.56 Å². The molecule has 0 fully saturated rings. The maximum Gasteiger partial charge on any atom is 0.0991 e. The zero-order valence-electron chi connectivity index (χ0n) is 14.3. The number of nitriles is 1. The molecule has 1 aromatic heterocycles. The Morgan fingerprint density at radius 2 is 1.77 bits per heavy atom. The fourth-order valence-corrected chi connectivity index (χ4v) is 3.23. The summed E-state index contributed by atoms with van der Waals surface area (Å²) in [5, 5.41) is 8.89. The summed E-state index contributed by atoms with van der Waals surface area (Å²) in [6.07, 6.45) is 5.11. The summed E-state index contributed by atoms with van der Waals surface area (Å²) in [6, 6.07) is 20.0. The Kier molecular flexibility index (Phi) is 4.30. The van der Waals surface area contributed by atoms with Gasteiger partial charge in [0.1, 0.15) is 0 Å². The van der Waals surface area contributed by atoms with Gasteiger partial charge >= 0.3 is 0 Å². The molecule has 1 aliphatic rings. The first-order chi connectivity index (χ1) is 12.7. The molecule has 0 amide bonds. The van der Waals surface area contributed by atoms with Gasteiger partial charge in [-0.2, -0.15) is 5.26 Å². The third kappa shape index (κ3) is 3.26. The van der Waals surface area contributed by atoms with Gasteiger partial charge in [-0.1, -0.05) is 24.3 Å². The molecule has 0 spiro atoms. The maximum absolute atomic E-state index is 8.89. The Hall–Kier alpha value is -3.29. The monoisotopic (exact) mass is 338 g/mol. The van der Waals surface area contributed by atoms with Crippen molar-refractivity contribution in [3.05, 3.63) is 83.7 Å². The lowest BCUT2D eigenvalue weighted by Gasteiger charge is -2.11. The summed E-state index contributed by atoms with van der Waals surface area (Å²) in [7, 11) is 0. The van der Waals surface area contributed by atoms with Gasteiger partial charge in [0.25, 0.3) is 0 Å². The van der Waals surface area contributed by atoms with Crippen LogP contribution in [0.2, 0.25) is 0 Å². The van der Waals surface area contributed by atoms with Crippen molar-refractivity contribution < 1.29 is 0 Å². The molecule has 4 nitrogen and oxygen atoms in total. The van der Waals surface area contributed by atoms with E-state index in [1.54, 1.807) is 12.4 Å². The third-order valence-corrected chi connectivity index (χ3v) is 4.70. The molecule has 0 bridgehead atoms. The van der Waals surface area contributed by atoms with Crippen molar-refractivity contribution in [1.29, 1.82) is 5.26 Å². The molecule has 4 rings (SSSR count). The topological polar surface area (TPSA) is 75.1 Å². The van der Waals surface area contributed by atoms with E-state index in [1.165, 1.54) is 5.56 Å². The molecule has 2 aromatic carbocycles. The van der Waals surface area contributed by atoms with Crippen molar-refractivity contribution in [3.63, 3.8) is 0 Å². The molecule has 0 unspecified atom stereocenters. The zero-order valence-corrected chi connectivity index (χ0v) is 14.3. The SMILES string of the molecule is N#Cc1ccc(C[C@H](N)C2=Nc3cc(-c4ccncc4)ccc3C2)cc1.